The van der Waals surface area contributed by atoms with Crippen LogP contribution in [0.4, 0.5) is 0 Å². The molecule has 16 heavy (non-hydrogen) atoms. The van der Waals surface area contributed by atoms with Crippen molar-refractivity contribution in [1.29, 1.82) is 0 Å². The lowest BCUT2D eigenvalue weighted by Crippen LogP contribution is -2.53. The summed E-state index contributed by atoms with van der Waals surface area (Å²) in [6.45, 7) is 4.67. The van der Waals surface area contributed by atoms with Gasteiger partial charge in [-0.3, -0.25) is 0 Å². The first-order chi connectivity index (χ1) is 7.49. The van der Waals surface area contributed by atoms with E-state index in [0.717, 1.165) is 19.3 Å². The van der Waals surface area contributed by atoms with Gasteiger partial charge in [0.1, 0.15) is 0 Å². The maximum absolute atomic E-state index is 5.82. The number of hydrogen-bond donors (Lipinski definition) is 1. The van der Waals surface area contributed by atoms with Crippen molar-refractivity contribution in [1.82, 2.24) is 5.32 Å². The highest BCUT2D eigenvalue weighted by atomic mass is 16.5. The van der Waals surface area contributed by atoms with Gasteiger partial charge in [0.25, 0.3) is 0 Å². The van der Waals surface area contributed by atoms with E-state index in [1.165, 1.54) is 12.8 Å². The molecule has 0 saturated heterocycles. The molecule has 0 aromatic heterocycles. The highest BCUT2D eigenvalue weighted by molar-refractivity contribution is 5.03. The molecule has 0 aromatic rings. The first kappa shape index (κ1) is 13.5. The number of hydrogen-bond acceptors (Lipinski definition) is 2. The molecule has 0 aromatic carbocycles. The summed E-state index contributed by atoms with van der Waals surface area (Å²) in [6, 6.07) is 0.276. The summed E-state index contributed by atoms with van der Waals surface area (Å²) in [4.78, 5) is 0. The van der Waals surface area contributed by atoms with Crippen molar-refractivity contribution in [2.75, 3.05) is 14.2 Å². The Balaban J connectivity index is 2.75. The normalized spacial score (nSPS) is 24.7. The average molecular weight is 223 g/mol. The van der Waals surface area contributed by atoms with Gasteiger partial charge in [0.15, 0.2) is 0 Å². The molecule has 0 aliphatic heterocycles. The molecule has 2 heteroatoms. The lowest BCUT2D eigenvalue weighted by molar-refractivity contribution is -0.0837. The molecule has 1 N–H and O–H groups in total. The summed E-state index contributed by atoms with van der Waals surface area (Å²) in [6.07, 6.45) is 10.8. The molecule has 0 bridgehead atoms. The molecule has 1 fully saturated rings. The van der Waals surface area contributed by atoms with Crippen LogP contribution in [0.1, 0.15) is 46.0 Å². The molecular weight excluding hydrogens is 198 g/mol. The molecule has 1 saturated carbocycles. The third-order valence-corrected chi connectivity index (χ3v) is 4.16. The first-order valence-corrected chi connectivity index (χ1v) is 6.15. The Morgan fingerprint density at radius 2 is 1.88 bits per heavy atom. The van der Waals surface area contributed by atoms with Gasteiger partial charge < -0.3 is 10.1 Å². The van der Waals surface area contributed by atoms with E-state index in [1.54, 1.807) is 0 Å². The van der Waals surface area contributed by atoms with Crippen LogP contribution in [-0.4, -0.2) is 25.8 Å². The van der Waals surface area contributed by atoms with Crippen molar-refractivity contribution in [3.8, 4) is 12.3 Å². The van der Waals surface area contributed by atoms with Crippen molar-refractivity contribution in [2.45, 2.75) is 57.6 Å². The van der Waals surface area contributed by atoms with Crippen molar-refractivity contribution >= 4 is 0 Å². The predicted octanol–water partition coefficient (Wildman–Crippen LogP) is 2.58. The number of rotatable bonds is 4. The van der Waals surface area contributed by atoms with E-state index in [9.17, 15) is 0 Å². The summed E-state index contributed by atoms with van der Waals surface area (Å²) in [7, 11) is 3.79. The molecule has 1 rings (SSSR count). The smallest absolute Gasteiger partial charge is 0.0840 e. The van der Waals surface area contributed by atoms with E-state index in [4.69, 9.17) is 11.2 Å². The maximum atomic E-state index is 5.82. The Bertz CT molecular complexity index is 254. The Labute approximate surface area is 100 Å². The Morgan fingerprint density at radius 3 is 2.25 bits per heavy atom. The second-order valence-corrected chi connectivity index (χ2v) is 5.68. The zero-order valence-electron chi connectivity index (χ0n) is 11.1. The lowest BCUT2D eigenvalue weighted by atomic mass is 9.68. The lowest BCUT2D eigenvalue weighted by Gasteiger charge is -2.46. The fourth-order valence-corrected chi connectivity index (χ4v) is 2.71. The van der Waals surface area contributed by atoms with Crippen LogP contribution in [-0.2, 0) is 4.74 Å². The highest BCUT2D eigenvalue weighted by Gasteiger charge is 2.43. The fraction of sp³-hybridized carbons (Fsp3) is 0.857. The van der Waals surface area contributed by atoms with Gasteiger partial charge in [-0.1, -0.05) is 13.8 Å². The molecule has 0 spiro atoms. The number of likely N-dealkylation sites (N-methyl/N-ethyl adjacent to an activating group) is 1. The third-order valence-electron chi connectivity index (χ3n) is 4.16. The van der Waals surface area contributed by atoms with Gasteiger partial charge in [-0.05, 0) is 38.1 Å². The fourth-order valence-electron chi connectivity index (χ4n) is 2.71. The van der Waals surface area contributed by atoms with Gasteiger partial charge >= 0.3 is 0 Å². The monoisotopic (exact) mass is 223 g/mol. The van der Waals surface area contributed by atoms with Crippen LogP contribution in [0.2, 0.25) is 0 Å². The standard InChI is InChI=1S/C14H25NO/c1-6-7-12(15-4)14(16-5)10-8-13(2,3)9-11-14/h1,12,15H,7-11H2,2-5H3. The third kappa shape index (κ3) is 2.78. The summed E-state index contributed by atoms with van der Waals surface area (Å²) in [5.41, 5.74) is 0.396. The van der Waals surface area contributed by atoms with Crippen molar-refractivity contribution in [2.24, 2.45) is 5.41 Å². The molecule has 2 nitrogen and oxygen atoms in total. The molecule has 0 heterocycles. The predicted molar refractivity (Wildman–Crippen MR) is 68.3 cm³/mol. The second-order valence-electron chi connectivity index (χ2n) is 5.68. The van der Waals surface area contributed by atoms with Crippen LogP contribution >= 0.6 is 0 Å². The van der Waals surface area contributed by atoms with E-state index in [0.29, 0.717) is 5.41 Å². The zero-order chi connectivity index (χ0) is 12.2. The highest BCUT2D eigenvalue weighted by Crippen LogP contribution is 2.43. The summed E-state index contributed by atoms with van der Waals surface area (Å²) in [5.74, 6) is 2.75. The van der Waals surface area contributed by atoms with E-state index in [-0.39, 0.29) is 11.6 Å². The topological polar surface area (TPSA) is 21.3 Å². The number of methoxy groups -OCH3 is 1. The van der Waals surface area contributed by atoms with Gasteiger partial charge in [0.05, 0.1) is 5.60 Å². The summed E-state index contributed by atoms with van der Waals surface area (Å²) >= 11 is 0. The van der Waals surface area contributed by atoms with E-state index < -0.39 is 0 Å². The zero-order valence-corrected chi connectivity index (χ0v) is 11.1. The van der Waals surface area contributed by atoms with Crippen molar-refractivity contribution < 1.29 is 4.74 Å². The summed E-state index contributed by atoms with van der Waals surface area (Å²) < 4.78 is 5.82. The molecule has 0 amide bonds. The van der Waals surface area contributed by atoms with Gasteiger partial charge in [0, 0.05) is 19.6 Å². The number of terminal acetylenes is 1. The van der Waals surface area contributed by atoms with Gasteiger partial charge in [-0.15, -0.1) is 12.3 Å². The molecule has 1 aliphatic carbocycles. The van der Waals surface area contributed by atoms with Crippen LogP contribution in [0.5, 0.6) is 0 Å². The van der Waals surface area contributed by atoms with Gasteiger partial charge in [0.2, 0.25) is 0 Å². The maximum Gasteiger partial charge on any atom is 0.0840 e. The van der Waals surface area contributed by atoms with Crippen molar-refractivity contribution in [3.63, 3.8) is 0 Å². The minimum atomic E-state index is -0.0589. The molecular formula is C14H25NO. The SMILES string of the molecule is C#CCC(NC)C1(OC)CCC(C)(C)CC1. The number of nitrogens with one attached hydrogen (secondary N) is 1. The minimum Gasteiger partial charge on any atom is -0.377 e. The molecule has 92 valence electrons. The second kappa shape index (κ2) is 5.21. The summed E-state index contributed by atoms with van der Waals surface area (Å²) in [5, 5.41) is 3.32. The Kier molecular flexibility index (Phi) is 4.41. The van der Waals surface area contributed by atoms with Gasteiger partial charge in [-0.2, -0.15) is 0 Å². The van der Waals surface area contributed by atoms with E-state index in [1.807, 2.05) is 14.2 Å². The van der Waals surface area contributed by atoms with Crippen LogP contribution in [0.15, 0.2) is 0 Å². The van der Waals surface area contributed by atoms with E-state index in [2.05, 4.69) is 25.1 Å². The average Bonchev–Trinajstić information content (AvgIpc) is 2.27. The quantitative estimate of drug-likeness (QED) is 0.740. The number of ether oxygens (including phenoxy) is 1. The minimum absolute atomic E-state index is 0.0589. The molecule has 1 aliphatic rings. The Morgan fingerprint density at radius 1 is 1.31 bits per heavy atom. The largest absolute Gasteiger partial charge is 0.377 e. The van der Waals surface area contributed by atoms with Crippen LogP contribution in [0.25, 0.3) is 0 Å². The van der Waals surface area contributed by atoms with E-state index >= 15 is 0 Å². The van der Waals surface area contributed by atoms with Crippen molar-refractivity contribution in [3.05, 3.63) is 0 Å². The molecule has 1 atom stereocenters. The van der Waals surface area contributed by atoms with Gasteiger partial charge in [-0.25, -0.2) is 0 Å². The Hall–Kier alpha value is -0.520. The van der Waals surface area contributed by atoms with Crippen LogP contribution < -0.4 is 5.32 Å². The van der Waals surface area contributed by atoms with Crippen LogP contribution in [0, 0.1) is 17.8 Å². The molecule has 1 unspecified atom stereocenters. The molecule has 0 radical (unpaired) electrons. The van der Waals surface area contributed by atoms with Crippen LogP contribution in [0.3, 0.4) is 0 Å². The first-order valence-electron chi connectivity index (χ1n) is 6.15.